The molecule has 1 aliphatic rings. The van der Waals surface area contributed by atoms with Gasteiger partial charge in [0.25, 0.3) is 0 Å². The molecule has 184 valence electrons. The van der Waals surface area contributed by atoms with Gasteiger partial charge in [0.05, 0.1) is 12.6 Å². The molecule has 6 nitrogen and oxygen atoms in total. The molecule has 0 aliphatic carbocycles. The van der Waals surface area contributed by atoms with E-state index in [1.165, 1.54) is 24.3 Å². The summed E-state index contributed by atoms with van der Waals surface area (Å²) in [7, 11) is 0. The van der Waals surface area contributed by atoms with Crippen LogP contribution in [-0.4, -0.2) is 32.9 Å². The van der Waals surface area contributed by atoms with Crippen LogP contribution in [0.2, 0.25) is 5.02 Å². The van der Waals surface area contributed by atoms with Crippen molar-refractivity contribution in [1.82, 2.24) is 14.5 Å². The number of amides is 1. The Bertz CT molecular complexity index is 1370. The summed E-state index contributed by atoms with van der Waals surface area (Å²) < 4.78 is 28.8. The zero-order valence-electron chi connectivity index (χ0n) is 19.3. The average molecular weight is 508 g/mol. The van der Waals surface area contributed by atoms with Crippen molar-refractivity contribution < 1.29 is 13.6 Å². The fourth-order valence-corrected chi connectivity index (χ4v) is 4.45. The number of aromatic nitrogens is 2. The molecule has 0 unspecified atom stereocenters. The van der Waals surface area contributed by atoms with Gasteiger partial charge in [0.2, 0.25) is 5.91 Å². The summed E-state index contributed by atoms with van der Waals surface area (Å²) in [4.78, 5) is 19.6. The lowest BCUT2D eigenvalue weighted by molar-refractivity contribution is -0.134. The molecule has 4 aromatic rings. The van der Waals surface area contributed by atoms with Gasteiger partial charge in [-0.05, 0) is 72.6 Å². The van der Waals surface area contributed by atoms with Crippen molar-refractivity contribution in [3.8, 4) is 11.3 Å². The van der Waals surface area contributed by atoms with Crippen LogP contribution in [0.3, 0.4) is 0 Å². The van der Waals surface area contributed by atoms with Crippen LogP contribution in [0.25, 0.3) is 11.3 Å². The zero-order chi connectivity index (χ0) is 25.2. The Morgan fingerprint density at radius 3 is 2.28 bits per heavy atom. The normalized spacial score (nSPS) is 13.8. The van der Waals surface area contributed by atoms with Crippen molar-refractivity contribution in [2.75, 3.05) is 11.9 Å². The zero-order valence-corrected chi connectivity index (χ0v) is 20.1. The van der Waals surface area contributed by atoms with E-state index in [-0.39, 0.29) is 24.1 Å². The first-order valence-corrected chi connectivity index (χ1v) is 11.9. The summed E-state index contributed by atoms with van der Waals surface area (Å²) in [6, 6.07) is 18.7. The van der Waals surface area contributed by atoms with Crippen molar-refractivity contribution >= 4 is 29.0 Å². The maximum absolute atomic E-state index is 13.6. The minimum atomic E-state index is -0.750. The van der Waals surface area contributed by atoms with Gasteiger partial charge in [-0.2, -0.15) is 0 Å². The van der Waals surface area contributed by atoms with Gasteiger partial charge in [-0.15, -0.1) is 0 Å². The summed E-state index contributed by atoms with van der Waals surface area (Å²) in [6.45, 7) is 1.25. The van der Waals surface area contributed by atoms with Crippen LogP contribution in [0.5, 0.6) is 0 Å². The van der Waals surface area contributed by atoms with E-state index in [1.807, 2.05) is 16.7 Å². The highest BCUT2D eigenvalue weighted by Gasteiger charge is 2.29. The Kier molecular flexibility index (Phi) is 6.71. The molecule has 0 saturated carbocycles. The molecule has 3 N–H and O–H groups in total. The second-order valence-corrected chi connectivity index (χ2v) is 9.15. The highest BCUT2D eigenvalue weighted by Crippen LogP contribution is 2.33. The van der Waals surface area contributed by atoms with E-state index in [4.69, 9.17) is 22.3 Å². The highest BCUT2D eigenvalue weighted by atomic mass is 35.5. The molecule has 0 fully saturated rings. The Hall–Kier alpha value is -3.75. The number of fused-ring (bicyclic) bond motifs is 1. The lowest BCUT2D eigenvalue weighted by atomic mass is 10.1. The Balaban J connectivity index is 1.41. The van der Waals surface area contributed by atoms with E-state index in [9.17, 15) is 13.6 Å². The van der Waals surface area contributed by atoms with Gasteiger partial charge in [-0.1, -0.05) is 23.7 Å². The SMILES string of the molecule is N[C@@H](Cc1ccc(F)cc1)C(=O)N1CCn2c(nc(-c3ccc(F)cc3)c2Nc2ccc(Cl)cc2)C1. The number of halogens is 3. The maximum atomic E-state index is 13.6. The molecular formula is C27H24ClF2N5O. The van der Waals surface area contributed by atoms with E-state index < -0.39 is 6.04 Å². The van der Waals surface area contributed by atoms with Crippen molar-refractivity contribution in [2.24, 2.45) is 5.73 Å². The van der Waals surface area contributed by atoms with Gasteiger partial charge in [0.15, 0.2) is 0 Å². The number of benzene rings is 3. The largest absolute Gasteiger partial charge is 0.340 e. The first kappa shape index (κ1) is 24.0. The molecular weight excluding hydrogens is 484 g/mol. The second-order valence-electron chi connectivity index (χ2n) is 8.71. The summed E-state index contributed by atoms with van der Waals surface area (Å²) in [6.07, 6.45) is 0.314. The van der Waals surface area contributed by atoms with Gasteiger partial charge in [0, 0.05) is 29.4 Å². The van der Waals surface area contributed by atoms with Gasteiger partial charge < -0.3 is 20.5 Å². The fraction of sp³-hybridized carbons (Fsp3) is 0.185. The van der Waals surface area contributed by atoms with E-state index in [0.717, 1.165) is 22.6 Å². The number of hydrogen-bond donors (Lipinski definition) is 2. The number of imidazole rings is 1. The molecule has 0 saturated heterocycles. The second kappa shape index (κ2) is 10.1. The molecule has 36 heavy (non-hydrogen) atoms. The molecule has 1 aromatic heterocycles. The van der Waals surface area contributed by atoms with E-state index in [2.05, 4.69) is 5.32 Å². The fourth-order valence-electron chi connectivity index (χ4n) is 4.32. The monoisotopic (exact) mass is 507 g/mol. The van der Waals surface area contributed by atoms with E-state index in [1.54, 1.807) is 41.3 Å². The van der Waals surface area contributed by atoms with Gasteiger partial charge in [-0.25, -0.2) is 13.8 Å². The van der Waals surface area contributed by atoms with Crippen LogP contribution in [-0.2, 0) is 24.3 Å². The smallest absolute Gasteiger partial charge is 0.240 e. The first-order valence-electron chi connectivity index (χ1n) is 11.5. The van der Waals surface area contributed by atoms with Crippen molar-refractivity contribution in [1.29, 1.82) is 0 Å². The van der Waals surface area contributed by atoms with E-state index in [0.29, 0.717) is 36.1 Å². The number of nitrogens with zero attached hydrogens (tertiary/aromatic N) is 3. The molecule has 0 spiro atoms. The molecule has 0 bridgehead atoms. The molecule has 1 aliphatic heterocycles. The Labute approximate surface area is 212 Å². The number of nitrogens with two attached hydrogens (primary N) is 1. The van der Waals surface area contributed by atoms with Crippen LogP contribution in [0.15, 0.2) is 72.8 Å². The van der Waals surface area contributed by atoms with E-state index >= 15 is 0 Å². The minimum absolute atomic E-state index is 0.191. The third kappa shape index (κ3) is 5.10. The molecule has 1 atom stereocenters. The molecule has 5 rings (SSSR count). The van der Waals surface area contributed by atoms with Gasteiger partial charge in [-0.3, -0.25) is 4.79 Å². The van der Waals surface area contributed by atoms with Crippen LogP contribution < -0.4 is 11.1 Å². The standard InChI is InChI=1S/C27H24ClF2N5O/c28-19-5-11-22(12-6-19)32-26-25(18-3-9-21(30)10-4-18)33-24-16-34(13-14-35(24)26)27(36)23(31)15-17-1-7-20(29)8-2-17/h1-12,23,32H,13-16,31H2/t23-/m0/s1. The van der Waals surface area contributed by atoms with Gasteiger partial charge in [0.1, 0.15) is 29.0 Å². The van der Waals surface area contributed by atoms with Crippen molar-refractivity contribution in [2.45, 2.75) is 25.6 Å². The third-order valence-electron chi connectivity index (χ3n) is 6.19. The summed E-state index contributed by atoms with van der Waals surface area (Å²) >= 11 is 6.03. The number of hydrogen-bond acceptors (Lipinski definition) is 4. The Morgan fingerprint density at radius 2 is 1.61 bits per heavy atom. The number of nitrogens with one attached hydrogen (secondary N) is 1. The quantitative estimate of drug-likeness (QED) is 0.379. The summed E-state index contributed by atoms with van der Waals surface area (Å²) in [5.74, 6) is 0.591. The third-order valence-corrected chi connectivity index (χ3v) is 6.45. The summed E-state index contributed by atoms with van der Waals surface area (Å²) in [5.41, 5.74) is 9.25. The topological polar surface area (TPSA) is 76.2 Å². The number of carbonyl (C=O) groups excluding carboxylic acids is 1. The predicted octanol–water partition coefficient (Wildman–Crippen LogP) is 5.14. The minimum Gasteiger partial charge on any atom is -0.340 e. The first-order chi connectivity index (χ1) is 17.4. The number of rotatable bonds is 6. The summed E-state index contributed by atoms with van der Waals surface area (Å²) in [5, 5.41) is 4.04. The van der Waals surface area contributed by atoms with Crippen molar-refractivity contribution in [3.63, 3.8) is 0 Å². The molecule has 9 heteroatoms. The highest BCUT2D eigenvalue weighted by molar-refractivity contribution is 6.30. The van der Waals surface area contributed by atoms with Crippen LogP contribution in [0.4, 0.5) is 20.3 Å². The molecule has 3 aromatic carbocycles. The molecule has 1 amide bonds. The maximum Gasteiger partial charge on any atom is 0.240 e. The van der Waals surface area contributed by atoms with Crippen LogP contribution >= 0.6 is 11.6 Å². The molecule has 2 heterocycles. The van der Waals surface area contributed by atoms with Crippen molar-refractivity contribution in [3.05, 3.63) is 101 Å². The lowest BCUT2D eigenvalue weighted by Crippen LogP contribution is -2.47. The number of carbonyl (C=O) groups is 1. The van der Waals surface area contributed by atoms with Crippen LogP contribution in [0, 0.1) is 11.6 Å². The predicted molar refractivity (Wildman–Crippen MR) is 136 cm³/mol. The van der Waals surface area contributed by atoms with Crippen LogP contribution in [0.1, 0.15) is 11.4 Å². The lowest BCUT2D eigenvalue weighted by Gasteiger charge is -2.30. The number of anilines is 2. The Morgan fingerprint density at radius 1 is 0.972 bits per heavy atom. The average Bonchev–Trinajstić information content (AvgIpc) is 3.24. The molecule has 0 radical (unpaired) electrons. The van der Waals surface area contributed by atoms with Gasteiger partial charge >= 0.3 is 0 Å².